The van der Waals surface area contributed by atoms with E-state index in [-0.39, 0.29) is 0 Å². The first-order valence-corrected chi connectivity index (χ1v) is 7.56. The molecule has 0 saturated carbocycles. The Hall–Kier alpha value is -1.32. The van der Waals surface area contributed by atoms with Crippen molar-refractivity contribution in [2.75, 3.05) is 6.61 Å². The fraction of sp³-hybridized carbons (Fsp3) is 0.294. The highest BCUT2D eigenvalue weighted by Gasteiger charge is 2.13. The van der Waals surface area contributed by atoms with Crippen molar-refractivity contribution in [2.45, 2.75) is 26.4 Å². The zero-order valence-electron chi connectivity index (χ0n) is 11.8. The van der Waals surface area contributed by atoms with Crippen molar-refractivity contribution >= 4 is 15.9 Å². The lowest BCUT2D eigenvalue weighted by Gasteiger charge is -2.15. The van der Waals surface area contributed by atoms with E-state index < -0.39 is 6.10 Å². The molecule has 2 rings (SSSR count). The van der Waals surface area contributed by atoms with Gasteiger partial charge in [-0.2, -0.15) is 0 Å². The lowest BCUT2D eigenvalue weighted by atomic mass is 9.98. The van der Waals surface area contributed by atoms with Crippen LogP contribution < -0.4 is 4.74 Å². The average molecular weight is 335 g/mol. The molecule has 0 radical (unpaired) electrons. The zero-order valence-corrected chi connectivity index (χ0v) is 13.4. The maximum atomic E-state index is 10.4. The number of halogens is 1. The smallest absolute Gasteiger partial charge is 0.120 e. The normalized spacial score (nSPS) is 12.2. The van der Waals surface area contributed by atoms with E-state index in [2.05, 4.69) is 35.0 Å². The van der Waals surface area contributed by atoms with Crippen molar-refractivity contribution in [3.05, 3.63) is 63.6 Å². The molecular weight excluding hydrogens is 316 g/mol. The van der Waals surface area contributed by atoms with Crippen molar-refractivity contribution in [2.24, 2.45) is 0 Å². The Labute approximate surface area is 128 Å². The number of ether oxygens (including phenoxy) is 1. The number of aryl methyl sites for hydroxylation is 1. The first-order valence-electron chi connectivity index (χ1n) is 6.76. The second-order valence-electron chi connectivity index (χ2n) is 4.76. The molecule has 0 spiro atoms. The van der Waals surface area contributed by atoms with E-state index in [1.807, 2.05) is 37.3 Å². The molecule has 0 amide bonds. The van der Waals surface area contributed by atoms with Crippen LogP contribution in [-0.4, -0.2) is 11.7 Å². The number of benzene rings is 2. The van der Waals surface area contributed by atoms with Crippen LogP contribution in [0.3, 0.4) is 0 Å². The molecule has 0 aromatic heterocycles. The summed E-state index contributed by atoms with van der Waals surface area (Å²) in [7, 11) is 0. The molecule has 3 heteroatoms. The Balaban J connectivity index is 2.17. The van der Waals surface area contributed by atoms with Gasteiger partial charge in [-0.05, 0) is 42.7 Å². The van der Waals surface area contributed by atoms with Crippen molar-refractivity contribution in [1.82, 2.24) is 0 Å². The van der Waals surface area contributed by atoms with Crippen LogP contribution in [0.2, 0.25) is 0 Å². The fourth-order valence-electron chi connectivity index (χ4n) is 2.19. The van der Waals surface area contributed by atoms with Crippen LogP contribution in [-0.2, 0) is 6.42 Å². The summed E-state index contributed by atoms with van der Waals surface area (Å²) < 4.78 is 6.33. The van der Waals surface area contributed by atoms with Gasteiger partial charge in [0.2, 0.25) is 0 Å². The molecule has 0 aliphatic rings. The van der Waals surface area contributed by atoms with Gasteiger partial charge >= 0.3 is 0 Å². The first kappa shape index (κ1) is 15.1. The van der Waals surface area contributed by atoms with Crippen LogP contribution in [0, 0.1) is 6.92 Å². The van der Waals surface area contributed by atoms with Crippen molar-refractivity contribution in [3.63, 3.8) is 0 Å². The van der Waals surface area contributed by atoms with Gasteiger partial charge in [-0.15, -0.1) is 0 Å². The molecule has 0 aliphatic carbocycles. The van der Waals surface area contributed by atoms with Gasteiger partial charge in [0, 0.05) is 10.9 Å². The van der Waals surface area contributed by atoms with Gasteiger partial charge in [-0.3, -0.25) is 0 Å². The minimum atomic E-state index is -0.527. The molecule has 0 heterocycles. The zero-order chi connectivity index (χ0) is 14.5. The van der Waals surface area contributed by atoms with E-state index in [1.54, 1.807) is 0 Å². The van der Waals surface area contributed by atoms with E-state index in [0.717, 1.165) is 15.8 Å². The molecule has 0 fully saturated rings. The van der Waals surface area contributed by atoms with E-state index in [4.69, 9.17) is 4.74 Å². The summed E-state index contributed by atoms with van der Waals surface area (Å²) >= 11 is 3.51. The molecule has 2 nitrogen and oxygen atoms in total. The minimum absolute atomic E-state index is 0.527. The number of hydrogen-bond acceptors (Lipinski definition) is 2. The number of aliphatic hydroxyl groups excluding tert-OH is 1. The molecule has 1 N–H and O–H groups in total. The standard InChI is InChI=1S/C17H19BrO2/c1-3-20-14-8-9-15(16(18)11-14)17(19)10-13-7-5-4-6-12(13)2/h4-9,11,17,19H,3,10H2,1-2H3. The lowest BCUT2D eigenvalue weighted by molar-refractivity contribution is 0.177. The highest BCUT2D eigenvalue weighted by atomic mass is 79.9. The third-order valence-corrected chi connectivity index (χ3v) is 4.00. The quantitative estimate of drug-likeness (QED) is 0.876. The highest BCUT2D eigenvalue weighted by Crippen LogP contribution is 2.30. The molecule has 106 valence electrons. The largest absolute Gasteiger partial charge is 0.494 e. The van der Waals surface area contributed by atoms with Gasteiger partial charge in [-0.25, -0.2) is 0 Å². The van der Waals surface area contributed by atoms with Crippen molar-refractivity contribution < 1.29 is 9.84 Å². The summed E-state index contributed by atoms with van der Waals surface area (Å²) in [6.45, 7) is 4.65. The Bertz CT molecular complexity index is 581. The van der Waals surface area contributed by atoms with Gasteiger partial charge in [0.05, 0.1) is 12.7 Å². The summed E-state index contributed by atoms with van der Waals surface area (Å²) in [5.41, 5.74) is 3.26. The SMILES string of the molecule is CCOc1ccc(C(O)Cc2ccccc2C)c(Br)c1. The third-order valence-electron chi connectivity index (χ3n) is 3.32. The van der Waals surface area contributed by atoms with Crippen LogP contribution in [0.4, 0.5) is 0 Å². The van der Waals surface area contributed by atoms with E-state index in [1.165, 1.54) is 11.1 Å². The second-order valence-corrected chi connectivity index (χ2v) is 5.62. The minimum Gasteiger partial charge on any atom is -0.494 e. The molecule has 1 unspecified atom stereocenters. The summed E-state index contributed by atoms with van der Waals surface area (Å²) in [5, 5.41) is 10.4. The molecule has 0 bridgehead atoms. The van der Waals surface area contributed by atoms with Gasteiger partial charge in [0.1, 0.15) is 5.75 Å². The van der Waals surface area contributed by atoms with Crippen LogP contribution in [0.5, 0.6) is 5.75 Å². The van der Waals surface area contributed by atoms with Crippen LogP contribution in [0.15, 0.2) is 46.9 Å². The summed E-state index contributed by atoms with van der Waals surface area (Å²) in [6, 6.07) is 13.8. The maximum absolute atomic E-state index is 10.4. The Morgan fingerprint density at radius 1 is 1.20 bits per heavy atom. The number of aliphatic hydroxyl groups is 1. The third kappa shape index (κ3) is 3.62. The number of rotatable bonds is 5. The van der Waals surface area contributed by atoms with E-state index in [0.29, 0.717) is 13.0 Å². The number of hydrogen-bond donors (Lipinski definition) is 1. The molecule has 20 heavy (non-hydrogen) atoms. The molecular formula is C17H19BrO2. The van der Waals surface area contributed by atoms with Crippen LogP contribution >= 0.6 is 15.9 Å². The molecule has 2 aromatic carbocycles. The summed E-state index contributed by atoms with van der Waals surface area (Å²) in [6.07, 6.45) is 0.0837. The summed E-state index contributed by atoms with van der Waals surface area (Å²) in [5.74, 6) is 0.811. The van der Waals surface area contributed by atoms with Crippen molar-refractivity contribution in [3.8, 4) is 5.75 Å². The van der Waals surface area contributed by atoms with Gasteiger partial charge in [0.15, 0.2) is 0 Å². The fourth-order valence-corrected chi connectivity index (χ4v) is 2.81. The molecule has 1 atom stereocenters. The van der Waals surface area contributed by atoms with Crippen molar-refractivity contribution in [1.29, 1.82) is 0 Å². The Morgan fingerprint density at radius 2 is 1.95 bits per heavy atom. The van der Waals surface area contributed by atoms with E-state index >= 15 is 0 Å². The van der Waals surface area contributed by atoms with Gasteiger partial charge in [-0.1, -0.05) is 46.3 Å². The topological polar surface area (TPSA) is 29.5 Å². The van der Waals surface area contributed by atoms with Gasteiger partial charge in [0.25, 0.3) is 0 Å². The summed E-state index contributed by atoms with van der Waals surface area (Å²) in [4.78, 5) is 0. The van der Waals surface area contributed by atoms with Crippen LogP contribution in [0.25, 0.3) is 0 Å². The van der Waals surface area contributed by atoms with E-state index in [9.17, 15) is 5.11 Å². The molecule has 0 saturated heterocycles. The Morgan fingerprint density at radius 3 is 2.60 bits per heavy atom. The molecule has 0 aliphatic heterocycles. The lowest BCUT2D eigenvalue weighted by Crippen LogP contribution is -2.04. The van der Waals surface area contributed by atoms with Gasteiger partial charge < -0.3 is 9.84 Å². The predicted molar refractivity (Wildman–Crippen MR) is 85.2 cm³/mol. The average Bonchev–Trinajstić information content (AvgIpc) is 2.42. The molecule has 2 aromatic rings. The van der Waals surface area contributed by atoms with Crippen LogP contribution in [0.1, 0.15) is 29.7 Å². The monoisotopic (exact) mass is 334 g/mol. The predicted octanol–water partition coefficient (Wildman–Crippen LogP) is 4.43. The maximum Gasteiger partial charge on any atom is 0.120 e. The highest BCUT2D eigenvalue weighted by molar-refractivity contribution is 9.10. The Kier molecular flexibility index (Phi) is 5.21. The first-order chi connectivity index (χ1) is 9.61. The second kappa shape index (κ2) is 6.91.